The van der Waals surface area contributed by atoms with Crippen molar-refractivity contribution in [3.05, 3.63) is 34.4 Å². The van der Waals surface area contributed by atoms with Crippen LogP contribution in [0.1, 0.15) is 13.3 Å². The van der Waals surface area contributed by atoms with Gasteiger partial charge in [0.1, 0.15) is 5.78 Å². The van der Waals surface area contributed by atoms with Crippen molar-refractivity contribution >= 4 is 17.2 Å². The van der Waals surface area contributed by atoms with Crippen molar-refractivity contribution in [1.29, 1.82) is 0 Å². The van der Waals surface area contributed by atoms with E-state index in [1.54, 1.807) is 12.1 Å². The van der Waals surface area contributed by atoms with E-state index in [9.17, 15) is 14.9 Å². The van der Waals surface area contributed by atoms with E-state index in [2.05, 4.69) is 4.90 Å². The molecule has 1 saturated heterocycles. The number of anilines is 1. The van der Waals surface area contributed by atoms with Crippen LogP contribution >= 0.6 is 0 Å². The third kappa shape index (κ3) is 2.43. The number of nitrogens with zero attached hydrogens (tertiary/aromatic N) is 2. The largest absolute Gasteiger partial charge is 0.370 e. The lowest BCUT2D eigenvalue weighted by molar-refractivity contribution is -0.384. The molecule has 1 aromatic carbocycles. The minimum atomic E-state index is -0.411. The predicted molar refractivity (Wildman–Crippen MR) is 64.1 cm³/mol. The van der Waals surface area contributed by atoms with E-state index in [1.165, 1.54) is 12.1 Å². The van der Waals surface area contributed by atoms with Gasteiger partial charge in [-0.1, -0.05) is 6.92 Å². The molecular formula is C12H14N2O3. The summed E-state index contributed by atoms with van der Waals surface area (Å²) in [6.07, 6.45) is 0.554. The molecule has 2 rings (SSSR count). The van der Waals surface area contributed by atoms with Crippen LogP contribution in [0.2, 0.25) is 0 Å². The second kappa shape index (κ2) is 4.53. The molecule has 1 aliphatic heterocycles. The molecule has 0 aromatic heterocycles. The van der Waals surface area contributed by atoms with Crippen LogP contribution in [0.25, 0.3) is 0 Å². The van der Waals surface area contributed by atoms with Crippen molar-refractivity contribution in [3.63, 3.8) is 0 Å². The Hall–Kier alpha value is -1.91. The Morgan fingerprint density at radius 3 is 2.53 bits per heavy atom. The Balaban J connectivity index is 2.12. The molecule has 5 heteroatoms. The van der Waals surface area contributed by atoms with Gasteiger partial charge in [0.2, 0.25) is 0 Å². The van der Waals surface area contributed by atoms with E-state index >= 15 is 0 Å². The molecule has 0 amide bonds. The summed E-state index contributed by atoms with van der Waals surface area (Å²) in [7, 11) is 0. The standard InChI is InChI=1S/C12H14N2O3/c1-9-8-13(7-6-12(9)15)10-2-4-11(5-3-10)14(16)17/h2-5,9H,6-8H2,1H3. The molecule has 1 aliphatic rings. The van der Waals surface area contributed by atoms with Crippen LogP contribution < -0.4 is 4.90 Å². The lowest BCUT2D eigenvalue weighted by Gasteiger charge is -2.31. The Morgan fingerprint density at radius 1 is 1.35 bits per heavy atom. The molecule has 0 radical (unpaired) electrons. The normalized spacial score (nSPS) is 20.4. The summed E-state index contributed by atoms with van der Waals surface area (Å²) < 4.78 is 0. The maximum atomic E-state index is 11.4. The summed E-state index contributed by atoms with van der Waals surface area (Å²) in [4.78, 5) is 23.6. The topological polar surface area (TPSA) is 63.4 Å². The number of rotatable bonds is 2. The molecule has 0 saturated carbocycles. The van der Waals surface area contributed by atoms with E-state index in [4.69, 9.17) is 0 Å². The van der Waals surface area contributed by atoms with E-state index in [1.807, 2.05) is 6.92 Å². The number of ketones is 1. The molecule has 1 atom stereocenters. The summed E-state index contributed by atoms with van der Waals surface area (Å²) in [5.41, 5.74) is 1.03. The highest BCUT2D eigenvalue weighted by molar-refractivity contribution is 5.83. The van der Waals surface area contributed by atoms with Gasteiger partial charge in [0, 0.05) is 43.2 Å². The van der Waals surface area contributed by atoms with E-state index in [-0.39, 0.29) is 11.6 Å². The monoisotopic (exact) mass is 234 g/mol. The van der Waals surface area contributed by atoms with Crippen molar-refractivity contribution in [3.8, 4) is 0 Å². The predicted octanol–water partition coefficient (Wildman–Crippen LogP) is 2.01. The number of nitro groups is 1. The van der Waals surface area contributed by atoms with E-state index in [0.29, 0.717) is 25.3 Å². The minimum absolute atomic E-state index is 0.0407. The quantitative estimate of drug-likeness (QED) is 0.580. The molecule has 90 valence electrons. The lowest BCUT2D eigenvalue weighted by atomic mass is 9.98. The number of carbonyl (C=O) groups excluding carboxylic acids is 1. The van der Waals surface area contributed by atoms with E-state index < -0.39 is 4.92 Å². The number of Topliss-reactive ketones (excluding diaryl/α,β-unsaturated/α-hetero) is 1. The van der Waals surface area contributed by atoms with Gasteiger partial charge >= 0.3 is 0 Å². The molecule has 17 heavy (non-hydrogen) atoms. The zero-order valence-electron chi connectivity index (χ0n) is 9.63. The van der Waals surface area contributed by atoms with Crippen LogP contribution in [0.5, 0.6) is 0 Å². The fourth-order valence-electron chi connectivity index (χ4n) is 2.03. The van der Waals surface area contributed by atoms with Crippen molar-refractivity contribution in [2.45, 2.75) is 13.3 Å². The van der Waals surface area contributed by atoms with Gasteiger partial charge < -0.3 is 4.90 Å². The fourth-order valence-corrected chi connectivity index (χ4v) is 2.03. The Kier molecular flexibility index (Phi) is 3.08. The molecule has 1 heterocycles. The first kappa shape index (κ1) is 11.6. The number of non-ortho nitro benzene ring substituents is 1. The van der Waals surface area contributed by atoms with Gasteiger partial charge in [-0.15, -0.1) is 0 Å². The van der Waals surface area contributed by atoms with Crippen LogP contribution in [-0.2, 0) is 4.79 Å². The SMILES string of the molecule is CC1CN(c2ccc([N+](=O)[O-])cc2)CCC1=O. The molecule has 0 bridgehead atoms. The van der Waals surface area contributed by atoms with Gasteiger partial charge in [-0.25, -0.2) is 0 Å². The van der Waals surface area contributed by atoms with Crippen LogP contribution in [0.3, 0.4) is 0 Å². The number of benzene rings is 1. The van der Waals surface area contributed by atoms with Crippen molar-refractivity contribution in [2.75, 3.05) is 18.0 Å². The molecule has 5 nitrogen and oxygen atoms in total. The molecule has 0 aliphatic carbocycles. The highest BCUT2D eigenvalue weighted by atomic mass is 16.6. The van der Waals surface area contributed by atoms with Gasteiger partial charge in [0.25, 0.3) is 5.69 Å². The van der Waals surface area contributed by atoms with Gasteiger partial charge in [-0.05, 0) is 12.1 Å². The molecule has 0 N–H and O–H groups in total. The summed E-state index contributed by atoms with van der Waals surface area (Å²) in [6, 6.07) is 6.47. The van der Waals surface area contributed by atoms with Crippen LogP contribution in [0.15, 0.2) is 24.3 Å². The zero-order valence-corrected chi connectivity index (χ0v) is 9.63. The van der Waals surface area contributed by atoms with Gasteiger partial charge in [0.05, 0.1) is 4.92 Å². The minimum Gasteiger partial charge on any atom is -0.370 e. The molecular weight excluding hydrogens is 220 g/mol. The third-order valence-electron chi connectivity index (χ3n) is 3.10. The fraction of sp³-hybridized carbons (Fsp3) is 0.417. The molecule has 1 aromatic rings. The van der Waals surface area contributed by atoms with Crippen LogP contribution in [-0.4, -0.2) is 23.8 Å². The average Bonchev–Trinajstić information content (AvgIpc) is 2.33. The summed E-state index contributed by atoms with van der Waals surface area (Å²) in [5, 5.41) is 10.5. The van der Waals surface area contributed by atoms with Gasteiger partial charge in [0.15, 0.2) is 0 Å². The Labute approximate surface area is 99.2 Å². The second-order valence-corrected chi connectivity index (χ2v) is 4.34. The van der Waals surface area contributed by atoms with Gasteiger partial charge in [-0.2, -0.15) is 0 Å². The first-order chi connectivity index (χ1) is 8.08. The van der Waals surface area contributed by atoms with Gasteiger partial charge in [-0.3, -0.25) is 14.9 Å². The molecule has 0 spiro atoms. The number of piperidine rings is 1. The molecule has 1 unspecified atom stereocenters. The lowest BCUT2D eigenvalue weighted by Crippen LogP contribution is -2.39. The smallest absolute Gasteiger partial charge is 0.269 e. The average molecular weight is 234 g/mol. The van der Waals surface area contributed by atoms with Crippen molar-refractivity contribution in [2.24, 2.45) is 5.92 Å². The first-order valence-electron chi connectivity index (χ1n) is 5.60. The van der Waals surface area contributed by atoms with Crippen molar-refractivity contribution < 1.29 is 9.72 Å². The third-order valence-corrected chi connectivity index (χ3v) is 3.10. The van der Waals surface area contributed by atoms with Crippen LogP contribution in [0.4, 0.5) is 11.4 Å². The maximum absolute atomic E-state index is 11.4. The maximum Gasteiger partial charge on any atom is 0.269 e. The highest BCUT2D eigenvalue weighted by Crippen LogP contribution is 2.23. The summed E-state index contributed by atoms with van der Waals surface area (Å²) in [5.74, 6) is 0.335. The number of hydrogen-bond acceptors (Lipinski definition) is 4. The van der Waals surface area contributed by atoms with E-state index in [0.717, 1.165) is 5.69 Å². The number of carbonyl (C=O) groups is 1. The first-order valence-corrected chi connectivity index (χ1v) is 5.60. The number of hydrogen-bond donors (Lipinski definition) is 0. The summed E-state index contributed by atoms with van der Waals surface area (Å²) in [6.45, 7) is 3.30. The Morgan fingerprint density at radius 2 is 2.00 bits per heavy atom. The molecule has 1 fully saturated rings. The Bertz CT molecular complexity index is 442. The summed E-state index contributed by atoms with van der Waals surface area (Å²) >= 11 is 0. The zero-order chi connectivity index (χ0) is 12.4. The van der Waals surface area contributed by atoms with Crippen LogP contribution in [0, 0.1) is 16.0 Å². The second-order valence-electron chi connectivity index (χ2n) is 4.34. The van der Waals surface area contributed by atoms with Crippen molar-refractivity contribution in [1.82, 2.24) is 0 Å². The number of nitro benzene ring substituents is 1. The highest BCUT2D eigenvalue weighted by Gasteiger charge is 2.23.